The summed E-state index contributed by atoms with van der Waals surface area (Å²) in [5.41, 5.74) is 0. The van der Waals surface area contributed by atoms with Gasteiger partial charge in [0.2, 0.25) is 11.8 Å². The van der Waals surface area contributed by atoms with E-state index >= 15 is 0 Å². The number of morpholine rings is 1. The molecule has 10 nitrogen and oxygen atoms in total. The van der Waals surface area contributed by atoms with Gasteiger partial charge in [0.15, 0.2) is 11.9 Å². The Morgan fingerprint density at radius 1 is 1.52 bits per heavy atom. The molecule has 0 aliphatic carbocycles. The number of anilines is 1. The third kappa shape index (κ3) is 3.99. The van der Waals surface area contributed by atoms with E-state index in [1.54, 1.807) is 0 Å². The first-order valence-electron chi connectivity index (χ1n) is 6.25. The van der Waals surface area contributed by atoms with Crippen molar-refractivity contribution in [3.8, 4) is 0 Å². The minimum Gasteiger partial charge on any atom is -0.479 e. The molecule has 0 radical (unpaired) electrons. The van der Waals surface area contributed by atoms with Gasteiger partial charge in [0.05, 0.1) is 19.3 Å². The van der Waals surface area contributed by atoms with Crippen LogP contribution in [0.3, 0.4) is 0 Å². The first-order valence-corrected chi connectivity index (χ1v) is 6.25. The van der Waals surface area contributed by atoms with Crippen LogP contribution >= 0.6 is 0 Å². The standard InChI is InChI=1S/C11H15N5O5/c1-7(17)13-9-4-12-16(14-9)6-10(18)15-2-3-21-8(5-15)11(19)20/h4,8H,2-3,5-6H2,1H3,(H,19,20)(H,13,14,17). The Balaban J connectivity index is 1.93. The van der Waals surface area contributed by atoms with Crippen molar-refractivity contribution < 1.29 is 24.2 Å². The van der Waals surface area contributed by atoms with Crippen molar-refractivity contribution in [2.75, 3.05) is 25.0 Å². The molecule has 0 saturated carbocycles. The second-order valence-electron chi connectivity index (χ2n) is 4.48. The van der Waals surface area contributed by atoms with Gasteiger partial charge in [0, 0.05) is 13.5 Å². The van der Waals surface area contributed by atoms with Gasteiger partial charge in [-0.15, -0.1) is 5.10 Å². The summed E-state index contributed by atoms with van der Waals surface area (Å²) in [6, 6.07) is 0. The van der Waals surface area contributed by atoms with Crippen molar-refractivity contribution in [3.63, 3.8) is 0 Å². The molecular weight excluding hydrogens is 282 g/mol. The Kier molecular flexibility index (Phi) is 4.48. The highest BCUT2D eigenvalue weighted by atomic mass is 16.5. The summed E-state index contributed by atoms with van der Waals surface area (Å²) in [6.07, 6.45) is 0.317. The molecule has 1 saturated heterocycles. The lowest BCUT2D eigenvalue weighted by Crippen LogP contribution is -2.49. The summed E-state index contributed by atoms with van der Waals surface area (Å²) >= 11 is 0. The van der Waals surface area contributed by atoms with E-state index in [1.807, 2.05) is 0 Å². The Hall–Kier alpha value is -2.49. The summed E-state index contributed by atoms with van der Waals surface area (Å²) in [7, 11) is 0. The first-order chi connectivity index (χ1) is 9.95. The molecule has 2 rings (SSSR count). The van der Waals surface area contributed by atoms with Crippen molar-refractivity contribution in [3.05, 3.63) is 6.20 Å². The quantitative estimate of drug-likeness (QED) is 0.696. The van der Waals surface area contributed by atoms with Crippen LogP contribution in [0.5, 0.6) is 0 Å². The van der Waals surface area contributed by atoms with E-state index in [0.717, 1.165) is 4.80 Å². The normalized spacial score (nSPS) is 18.3. The molecule has 2 amide bonds. The van der Waals surface area contributed by atoms with Crippen LogP contribution in [0.4, 0.5) is 5.82 Å². The molecule has 2 heterocycles. The molecular formula is C11H15N5O5. The van der Waals surface area contributed by atoms with Gasteiger partial charge in [0.1, 0.15) is 6.54 Å². The molecule has 1 aromatic rings. The lowest BCUT2D eigenvalue weighted by atomic mass is 10.2. The SMILES string of the molecule is CC(=O)Nc1cnn(CC(=O)N2CCOC(C(=O)O)C2)n1. The molecule has 2 N–H and O–H groups in total. The highest BCUT2D eigenvalue weighted by molar-refractivity contribution is 5.87. The van der Waals surface area contributed by atoms with E-state index in [-0.39, 0.29) is 37.3 Å². The Morgan fingerprint density at radius 3 is 2.95 bits per heavy atom. The number of amides is 2. The van der Waals surface area contributed by atoms with Gasteiger partial charge in [0.25, 0.3) is 0 Å². The van der Waals surface area contributed by atoms with Crippen LogP contribution in [0.1, 0.15) is 6.92 Å². The minimum absolute atomic E-state index is 0.00596. The molecule has 114 valence electrons. The average Bonchev–Trinajstić information content (AvgIpc) is 2.85. The summed E-state index contributed by atoms with van der Waals surface area (Å²) in [6.45, 7) is 1.69. The van der Waals surface area contributed by atoms with Gasteiger partial charge in [-0.25, -0.2) is 4.79 Å². The van der Waals surface area contributed by atoms with Crippen LogP contribution in [-0.2, 0) is 25.7 Å². The summed E-state index contributed by atoms with van der Waals surface area (Å²) in [5, 5.41) is 19.1. The van der Waals surface area contributed by atoms with E-state index in [0.29, 0.717) is 6.54 Å². The Morgan fingerprint density at radius 2 is 2.29 bits per heavy atom. The summed E-state index contributed by atoms with van der Waals surface area (Å²) in [4.78, 5) is 36.3. The van der Waals surface area contributed by atoms with E-state index in [1.165, 1.54) is 18.0 Å². The average molecular weight is 297 g/mol. The van der Waals surface area contributed by atoms with Crippen LogP contribution in [0.2, 0.25) is 0 Å². The van der Waals surface area contributed by atoms with Gasteiger partial charge >= 0.3 is 5.97 Å². The topological polar surface area (TPSA) is 127 Å². The number of nitrogens with zero attached hydrogens (tertiary/aromatic N) is 4. The number of carboxylic acids is 1. The lowest BCUT2D eigenvalue weighted by molar-refractivity contribution is -0.159. The van der Waals surface area contributed by atoms with Crippen molar-refractivity contribution in [2.24, 2.45) is 0 Å². The highest BCUT2D eigenvalue weighted by Gasteiger charge is 2.29. The summed E-state index contributed by atoms with van der Waals surface area (Å²) < 4.78 is 5.04. The number of ether oxygens (including phenoxy) is 1. The van der Waals surface area contributed by atoms with Crippen molar-refractivity contribution in [1.29, 1.82) is 0 Å². The van der Waals surface area contributed by atoms with Crippen molar-refractivity contribution >= 4 is 23.6 Å². The zero-order chi connectivity index (χ0) is 15.4. The molecule has 10 heteroatoms. The molecule has 1 aliphatic heterocycles. The number of rotatable bonds is 4. The van der Waals surface area contributed by atoms with Crippen LogP contribution in [-0.4, -0.2) is 68.6 Å². The summed E-state index contributed by atoms with van der Waals surface area (Å²) in [5.74, 6) is -1.45. The second-order valence-corrected chi connectivity index (χ2v) is 4.48. The van der Waals surface area contributed by atoms with E-state index in [2.05, 4.69) is 15.5 Å². The molecule has 0 bridgehead atoms. The number of hydrogen-bond donors (Lipinski definition) is 2. The zero-order valence-corrected chi connectivity index (χ0v) is 11.4. The zero-order valence-electron chi connectivity index (χ0n) is 11.4. The van der Waals surface area contributed by atoms with Crippen LogP contribution < -0.4 is 5.32 Å². The number of hydrogen-bond acceptors (Lipinski definition) is 6. The number of carbonyl (C=O) groups excluding carboxylic acids is 2. The Bertz CT molecular complexity index is 557. The highest BCUT2D eigenvalue weighted by Crippen LogP contribution is 2.07. The molecule has 1 fully saturated rings. The molecule has 21 heavy (non-hydrogen) atoms. The monoisotopic (exact) mass is 297 g/mol. The van der Waals surface area contributed by atoms with Gasteiger partial charge < -0.3 is 20.1 Å². The van der Waals surface area contributed by atoms with Gasteiger partial charge in [-0.3, -0.25) is 9.59 Å². The maximum Gasteiger partial charge on any atom is 0.334 e. The maximum atomic E-state index is 12.1. The van der Waals surface area contributed by atoms with Crippen LogP contribution in [0, 0.1) is 0 Å². The van der Waals surface area contributed by atoms with Crippen molar-refractivity contribution in [2.45, 2.75) is 19.6 Å². The van der Waals surface area contributed by atoms with Crippen LogP contribution in [0.15, 0.2) is 6.20 Å². The maximum absolute atomic E-state index is 12.1. The number of carbonyl (C=O) groups is 3. The Labute approximate surface area is 119 Å². The third-order valence-corrected chi connectivity index (χ3v) is 2.81. The van der Waals surface area contributed by atoms with Gasteiger partial charge in [-0.1, -0.05) is 0 Å². The molecule has 1 aromatic heterocycles. The number of carboxylic acid groups (broad SMARTS) is 1. The molecule has 0 aromatic carbocycles. The van der Waals surface area contributed by atoms with Crippen LogP contribution in [0.25, 0.3) is 0 Å². The van der Waals surface area contributed by atoms with E-state index < -0.39 is 12.1 Å². The fourth-order valence-electron chi connectivity index (χ4n) is 1.86. The number of aliphatic carboxylic acids is 1. The van der Waals surface area contributed by atoms with E-state index in [9.17, 15) is 14.4 Å². The minimum atomic E-state index is -1.10. The van der Waals surface area contributed by atoms with Gasteiger partial charge in [-0.2, -0.15) is 9.90 Å². The molecule has 1 atom stereocenters. The molecule has 1 aliphatic rings. The third-order valence-electron chi connectivity index (χ3n) is 2.81. The number of nitrogens with one attached hydrogen (secondary N) is 1. The molecule has 0 spiro atoms. The second kappa shape index (κ2) is 6.31. The van der Waals surface area contributed by atoms with E-state index in [4.69, 9.17) is 9.84 Å². The predicted octanol–water partition coefficient (Wildman–Crippen LogP) is -1.45. The predicted molar refractivity (Wildman–Crippen MR) is 68.3 cm³/mol. The fourth-order valence-corrected chi connectivity index (χ4v) is 1.86. The fraction of sp³-hybridized carbons (Fsp3) is 0.545. The van der Waals surface area contributed by atoms with Crippen molar-refractivity contribution in [1.82, 2.24) is 19.9 Å². The number of aromatic nitrogens is 3. The lowest BCUT2D eigenvalue weighted by Gasteiger charge is -2.30. The molecule has 1 unspecified atom stereocenters. The van der Waals surface area contributed by atoms with Gasteiger partial charge in [-0.05, 0) is 0 Å². The smallest absolute Gasteiger partial charge is 0.334 e. The first kappa shape index (κ1) is 14.9. The largest absolute Gasteiger partial charge is 0.479 e.